The molecule has 6 heteroatoms. The lowest BCUT2D eigenvalue weighted by Gasteiger charge is -2.25. The van der Waals surface area contributed by atoms with Crippen molar-refractivity contribution in [2.45, 2.75) is 33.0 Å². The molecule has 3 heterocycles. The van der Waals surface area contributed by atoms with Gasteiger partial charge in [-0.15, -0.1) is 10.2 Å². The molecule has 30 heavy (non-hydrogen) atoms. The first-order valence-corrected chi connectivity index (χ1v) is 10.7. The summed E-state index contributed by atoms with van der Waals surface area (Å²) in [6, 6.07) is 18.7. The Morgan fingerprint density at radius 1 is 1.00 bits per heavy atom. The Labute approximate surface area is 176 Å². The highest BCUT2D eigenvalue weighted by atomic mass is 16.2. The lowest BCUT2D eigenvalue weighted by molar-refractivity contribution is 0.0932. The predicted octanol–water partition coefficient (Wildman–Crippen LogP) is 2.82. The fraction of sp³-hybridized carbons (Fsp3) is 0.375. The van der Waals surface area contributed by atoms with E-state index in [9.17, 15) is 4.79 Å². The van der Waals surface area contributed by atoms with E-state index in [1.165, 1.54) is 11.1 Å². The molecule has 1 saturated heterocycles. The van der Waals surface area contributed by atoms with Gasteiger partial charge in [0.25, 0.3) is 5.91 Å². The van der Waals surface area contributed by atoms with Crippen molar-refractivity contribution >= 4 is 5.91 Å². The number of benzene rings is 2. The van der Waals surface area contributed by atoms with E-state index in [-0.39, 0.29) is 5.91 Å². The average molecular weight is 402 g/mol. The van der Waals surface area contributed by atoms with Crippen LogP contribution in [0.25, 0.3) is 0 Å². The van der Waals surface area contributed by atoms with Gasteiger partial charge in [0.15, 0.2) is 0 Å². The van der Waals surface area contributed by atoms with Crippen LogP contribution in [0.4, 0.5) is 0 Å². The number of aromatic nitrogens is 3. The Bertz CT molecular complexity index is 1040. The summed E-state index contributed by atoms with van der Waals surface area (Å²) >= 11 is 0. The Morgan fingerprint density at radius 2 is 1.80 bits per heavy atom. The maximum atomic E-state index is 12.7. The minimum absolute atomic E-state index is 0.148. The first-order chi connectivity index (χ1) is 14.7. The number of carbonyl (C=O) groups is 1. The molecular formula is C24H27N5O. The molecule has 0 saturated carbocycles. The van der Waals surface area contributed by atoms with Gasteiger partial charge in [0, 0.05) is 39.1 Å². The topological polar surface area (TPSA) is 63.1 Å². The van der Waals surface area contributed by atoms with E-state index in [0.29, 0.717) is 24.2 Å². The van der Waals surface area contributed by atoms with Crippen LogP contribution in [0.1, 0.15) is 33.1 Å². The van der Waals surface area contributed by atoms with Crippen molar-refractivity contribution in [3.05, 3.63) is 82.9 Å². The molecule has 3 aromatic rings. The number of amides is 1. The standard InChI is InChI=1S/C24H27N5O/c1-17-6-5-9-19(10-17)13-28-14-20-11-22-26-27-23(29(22)16-21(20)15-28)24(30)25-12-18-7-3-2-4-8-18/h2-10,20-21H,11-16H2,1H3,(H,25,30)/t20-,21+/m0/s1. The Balaban J connectivity index is 1.24. The molecule has 0 spiro atoms. The highest BCUT2D eigenvalue weighted by molar-refractivity contribution is 5.90. The van der Waals surface area contributed by atoms with E-state index < -0.39 is 0 Å². The maximum absolute atomic E-state index is 12.7. The third-order valence-corrected chi connectivity index (χ3v) is 6.33. The number of carbonyl (C=O) groups excluding carboxylic acids is 1. The maximum Gasteiger partial charge on any atom is 0.289 e. The van der Waals surface area contributed by atoms with Crippen LogP contribution in [0.3, 0.4) is 0 Å². The van der Waals surface area contributed by atoms with Crippen LogP contribution in [0.15, 0.2) is 54.6 Å². The molecule has 154 valence electrons. The van der Waals surface area contributed by atoms with Crippen LogP contribution in [0, 0.1) is 18.8 Å². The monoisotopic (exact) mass is 401 g/mol. The molecule has 0 aliphatic carbocycles. The molecule has 1 fully saturated rings. The van der Waals surface area contributed by atoms with E-state index in [2.05, 4.69) is 51.6 Å². The average Bonchev–Trinajstić information content (AvgIpc) is 3.33. The first-order valence-electron chi connectivity index (χ1n) is 10.7. The summed E-state index contributed by atoms with van der Waals surface area (Å²) in [7, 11) is 0. The second kappa shape index (κ2) is 8.03. The predicted molar refractivity (Wildman–Crippen MR) is 115 cm³/mol. The Kier molecular flexibility index (Phi) is 5.09. The number of nitrogens with zero attached hydrogens (tertiary/aromatic N) is 4. The van der Waals surface area contributed by atoms with Crippen molar-refractivity contribution in [3.63, 3.8) is 0 Å². The second-order valence-electron chi connectivity index (χ2n) is 8.63. The lowest BCUT2D eigenvalue weighted by atomic mass is 9.89. The van der Waals surface area contributed by atoms with Crippen LogP contribution in [0.2, 0.25) is 0 Å². The number of hydrogen-bond acceptors (Lipinski definition) is 4. The van der Waals surface area contributed by atoms with Gasteiger partial charge in [-0.25, -0.2) is 0 Å². The second-order valence-corrected chi connectivity index (χ2v) is 8.63. The first kappa shape index (κ1) is 19.0. The molecule has 6 nitrogen and oxygen atoms in total. The molecule has 0 unspecified atom stereocenters. The van der Waals surface area contributed by atoms with Gasteiger partial charge in [0.2, 0.25) is 5.82 Å². The van der Waals surface area contributed by atoms with Crippen molar-refractivity contribution in [1.82, 2.24) is 25.0 Å². The highest BCUT2D eigenvalue weighted by Crippen LogP contribution is 2.33. The minimum Gasteiger partial charge on any atom is -0.345 e. The third-order valence-electron chi connectivity index (χ3n) is 6.33. The van der Waals surface area contributed by atoms with Crippen LogP contribution < -0.4 is 5.32 Å². The zero-order chi connectivity index (χ0) is 20.5. The summed E-state index contributed by atoms with van der Waals surface area (Å²) < 4.78 is 2.04. The molecule has 1 aromatic heterocycles. The minimum atomic E-state index is -0.148. The zero-order valence-electron chi connectivity index (χ0n) is 17.3. The van der Waals surface area contributed by atoms with Crippen LogP contribution >= 0.6 is 0 Å². The molecule has 1 amide bonds. The molecule has 2 aliphatic rings. The van der Waals surface area contributed by atoms with Crippen LogP contribution in [0.5, 0.6) is 0 Å². The van der Waals surface area contributed by atoms with Gasteiger partial charge >= 0.3 is 0 Å². The van der Waals surface area contributed by atoms with E-state index in [1.54, 1.807) is 0 Å². The number of rotatable bonds is 5. The summed E-state index contributed by atoms with van der Waals surface area (Å²) in [5, 5.41) is 11.6. The number of fused-ring (bicyclic) bond motifs is 2. The fourth-order valence-electron chi connectivity index (χ4n) is 4.84. The van der Waals surface area contributed by atoms with Crippen molar-refractivity contribution in [2.24, 2.45) is 11.8 Å². The molecule has 5 rings (SSSR count). The zero-order valence-corrected chi connectivity index (χ0v) is 17.3. The smallest absolute Gasteiger partial charge is 0.289 e. The van der Waals surface area contributed by atoms with E-state index in [0.717, 1.165) is 44.0 Å². The van der Waals surface area contributed by atoms with Crippen molar-refractivity contribution in [2.75, 3.05) is 13.1 Å². The summed E-state index contributed by atoms with van der Waals surface area (Å²) in [6.07, 6.45) is 0.897. The SMILES string of the molecule is Cc1cccc(CN2C[C@@H]3Cn4c(nnc4C(=O)NCc4ccccc4)C[C@H]3C2)c1. The quantitative estimate of drug-likeness (QED) is 0.714. The van der Waals surface area contributed by atoms with E-state index in [1.807, 2.05) is 34.9 Å². The molecule has 2 aliphatic heterocycles. The number of hydrogen-bond donors (Lipinski definition) is 1. The molecule has 1 N–H and O–H groups in total. The van der Waals surface area contributed by atoms with Crippen molar-refractivity contribution in [1.29, 1.82) is 0 Å². The van der Waals surface area contributed by atoms with Gasteiger partial charge in [-0.2, -0.15) is 0 Å². The molecule has 2 aromatic carbocycles. The fourth-order valence-corrected chi connectivity index (χ4v) is 4.84. The molecule has 2 atom stereocenters. The lowest BCUT2D eigenvalue weighted by Crippen LogP contribution is -2.32. The molecular weight excluding hydrogens is 374 g/mol. The molecule has 0 radical (unpaired) electrons. The van der Waals surface area contributed by atoms with Gasteiger partial charge in [-0.05, 0) is 29.9 Å². The summed E-state index contributed by atoms with van der Waals surface area (Å²) in [5.74, 6) is 2.37. The Morgan fingerprint density at radius 3 is 2.63 bits per heavy atom. The largest absolute Gasteiger partial charge is 0.345 e. The molecule has 0 bridgehead atoms. The normalized spacial score (nSPS) is 20.6. The van der Waals surface area contributed by atoms with Crippen molar-refractivity contribution < 1.29 is 4.79 Å². The van der Waals surface area contributed by atoms with Crippen LogP contribution in [-0.2, 0) is 26.1 Å². The summed E-state index contributed by atoms with van der Waals surface area (Å²) in [4.78, 5) is 15.3. The van der Waals surface area contributed by atoms with Crippen molar-refractivity contribution in [3.8, 4) is 0 Å². The summed E-state index contributed by atoms with van der Waals surface area (Å²) in [5.41, 5.74) is 3.75. The van der Waals surface area contributed by atoms with Gasteiger partial charge < -0.3 is 9.88 Å². The van der Waals surface area contributed by atoms with Gasteiger partial charge in [-0.3, -0.25) is 9.69 Å². The number of aryl methyl sites for hydroxylation is 1. The third kappa shape index (κ3) is 3.87. The van der Waals surface area contributed by atoms with E-state index >= 15 is 0 Å². The number of nitrogens with one attached hydrogen (secondary N) is 1. The Hall–Kier alpha value is -2.99. The summed E-state index contributed by atoms with van der Waals surface area (Å²) in [6.45, 7) is 6.59. The van der Waals surface area contributed by atoms with E-state index in [4.69, 9.17) is 0 Å². The van der Waals surface area contributed by atoms with Gasteiger partial charge in [0.05, 0.1) is 0 Å². The van der Waals surface area contributed by atoms with Crippen LogP contribution in [-0.4, -0.2) is 38.7 Å². The van der Waals surface area contributed by atoms with Gasteiger partial charge in [-0.1, -0.05) is 60.2 Å². The van der Waals surface area contributed by atoms with Gasteiger partial charge in [0.1, 0.15) is 5.82 Å². The number of likely N-dealkylation sites (tertiary alicyclic amines) is 1. The highest BCUT2D eigenvalue weighted by Gasteiger charge is 2.39.